The van der Waals surface area contributed by atoms with Gasteiger partial charge in [0.05, 0.1) is 10.7 Å². The molecule has 0 bridgehead atoms. The molecule has 4 N–H and O–H groups in total. The molecule has 2 atom stereocenters. The fourth-order valence-electron chi connectivity index (χ4n) is 3.10. The number of primary amides is 1. The molecule has 1 saturated carbocycles. The first-order chi connectivity index (χ1) is 9.54. The predicted molar refractivity (Wildman–Crippen MR) is 83.2 cm³/mol. The molecule has 0 heterocycles. The van der Waals surface area contributed by atoms with Gasteiger partial charge in [0.2, 0.25) is 5.91 Å². The van der Waals surface area contributed by atoms with Crippen LogP contribution >= 0.6 is 11.6 Å². The summed E-state index contributed by atoms with van der Waals surface area (Å²) in [5, 5.41) is 0.560. The van der Waals surface area contributed by atoms with Crippen molar-refractivity contribution in [1.29, 1.82) is 0 Å². The summed E-state index contributed by atoms with van der Waals surface area (Å²) in [5.74, 6) is 0.0410. The Morgan fingerprint density at radius 2 is 2.10 bits per heavy atom. The SMILES string of the molecule is CN(c1ccc(C(N)=O)cc1Cl)C1CCCCC1CN. The number of nitrogens with two attached hydrogens (primary N) is 2. The van der Waals surface area contributed by atoms with Crippen LogP contribution in [0.25, 0.3) is 0 Å². The van der Waals surface area contributed by atoms with Crippen molar-refractivity contribution in [2.45, 2.75) is 31.7 Å². The highest BCUT2D eigenvalue weighted by Gasteiger charge is 2.28. The van der Waals surface area contributed by atoms with Crippen LogP contribution in [0.3, 0.4) is 0 Å². The normalized spacial score (nSPS) is 22.6. The van der Waals surface area contributed by atoms with Crippen LogP contribution < -0.4 is 16.4 Å². The van der Waals surface area contributed by atoms with Crippen LogP contribution in [0, 0.1) is 5.92 Å². The molecule has 0 radical (unpaired) electrons. The van der Waals surface area contributed by atoms with Crippen LogP contribution in [0.4, 0.5) is 5.69 Å². The van der Waals surface area contributed by atoms with Gasteiger partial charge in [-0.3, -0.25) is 4.79 Å². The molecule has 1 aromatic carbocycles. The van der Waals surface area contributed by atoms with Gasteiger partial charge in [-0.15, -0.1) is 0 Å². The zero-order valence-electron chi connectivity index (χ0n) is 11.8. The Kier molecular flexibility index (Phi) is 4.89. The zero-order chi connectivity index (χ0) is 14.7. The summed E-state index contributed by atoms with van der Waals surface area (Å²) in [6.07, 6.45) is 4.78. The van der Waals surface area contributed by atoms with Crippen molar-refractivity contribution in [3.05, 3.63) is 28.8 Å². The molecule has 2 unspecified atom stereocenters. The van der Waals surface area contributed by atoms with Crippen LogP contribution in [0.1, 0.15) is 36.0 Å². The Labute approximate surface area is 125 Å². The lowest BCUT2D eigenvalue weighted by Gasteiger charge is -2.39. The lowest BCUT2D eigenvalue weighted by molar-refractivity contribution is 0.100. The van der Waals surface area contributed by atoms with E-state index in [2.05, 4.69) is 4.90 Å². The number of halogens is 1. The quantitative estimate of drug-likeness (QED) is 0.896. The molecule has 20 heavy (non-hydrogen) atoms. The van der Waals surface area contributed by atoms with E-state index in [1.807, 2.05) is 13.1 Å². The third-order valence-corrected chi connectivity index (χ3v) is 4.58. The van der Waals surface area contributed by atoms with E-state index in [-0.39, 0.29) is 0 Å². The number of carbonyl (C=O) groups is 1. The fourth-order valence-corrected chi connectivity index (χ4v) is 3.41. The summed E-state index contributed by atoms with van der Waals surface area (Å²) >= 11 is 6.30. The molecule has 4 nitrogen and oxygen atoms in total. The summed E-state index contributed by atoms with van der Waals surface area (Å²) in [6.45, 7) is 0.700. The Hall–Kier alpha value is -1.26. The molecule has 0 aromatic heterocycles. The van der Waals surface area contributed by atoms with Gasteiger partial charge in [-0.25, -0.2) is 0 Å². The van der Waals surface area contributed by atoms with Crippen molar-refractivity contribution in [3.8, 4) is 0 Å². The van der Waals surface area contributed by atoms with Crippen molar-refractivity contribution in [3.63, 3.8) is 0 Å². The largest absolute Gasteiger partial charge is 0.370 e. The second kappa shape index (κ2) is 6.46. The van der Waals surface area contributed by atoms with Gasteiger partial charge in [-0.1, -0.05) is 24.4 Å². The average molecular weight is 296 g/mol. The molecular weight excluding hydrogens is 274 g/mol. The van der Waals surface area contributed by atoms with Crippen molar-refractivity contribution in [2.24, 2.45) is 17.4 Å². The molecule has 2 rings (SSSR count). The summed E-state index contributed by atoms with van der Waals surface area (Å²) in [6, 6.07) is 5.63. The molecule has 1 aliphatic rings. The van der Waals surface area contributed by atoms with Gasteiger partial charge in [0, 0.05) is 18.7 Å². The van der Waals surface area contributed by atoms with Crippen LogP contribution in [0.5, 0.6) is 0 Å². The lowest BCUT2D eigenvalue weighted by Crippen LogP contribution is -2.43. The smallest absolute Gasteiger partial charge is 0.248 e. The Bertz CT molecular complexity index is 492. The molecular formula is C15H22ClN3O. The minimum atomic E-state index is -0.460. The first-order valence-electron chi connectivity index (χ1n) is 7.07. The molecule has 1 fully saturated rings. The molecule has 110 valence electrons. The highest BCUT2D eigenvalue weighted by molar-refractivity contribution is 6.33. The first-order valence-corrected chi connectivity index (χ1v) is 7.44. The minimum Gasteiger partial charge on any atom is -0.370 e. The number of rotatable bonds is 4. The van der Waals surface area contributed by atoms with Crippen LogP contribution in [0.2, 0.25) is 5.02 Å². The van der Waals surface area contributed by atoms with Gasteiger partial charge in [0.1, 0.15) is 0 Å². The van der Waals surface area contributed by atoms with E-state index in [1.165, 1.54) is 19.3 Å². The van der Waals surface area contributed by atoms with Gasteiger partial charge in [-0.05, 0) is 43.5 Å². The van der Waals surface area contributed by atoms with E-state index in [0.29, 0.717) is 29.1 Å². The number of anilines is 1. The van der Waals surface area contributed by atoms with E-state index >= 15 is 0 Å². The van der Waals surface area contributed by atoms with Crippen LogP contribution in [0.15, 0.2) is 18.2 Å². The number of carbonyl (C=O) groups excluding carboxylic acids is 1. The minimum absolute atomic E-state index is 0.408. The Morgan fingerprint density at radius 1 is 1.40 bits per heavy atom. The maximum Gasteiger partial charge on any atom is 0.248 e. The number of hydrogen-bond acceptors (Lipinski definition) is 3. The first kappa shape index (κ1) is 15.1. The standard InChI is InChI=1S/C15H22ClN3O/c1-19(13-5-3-2-4-11(13)9-17)14-7-6-10(15(18)20)8-12(14)16/h6-8,11,13H,2-5,9,17H2,1H3,(H2,18,20). The second-order valence-electron chi connectivity index (χ2n) is 5.49. The fraction of sp³-hybridized carbons (Fsp3) is 0.533. The highest BCUT2D eigenvalue weighted by atomic mass is 35.5. The van der Waals surface area contributed by atoms with Crippen molar-refractivity contribution in [1.82, 2.24) is 0 Å². The highest BCUT2D eigenvalue weighted by Crippen LogP contribution is 2.34. The van der Waals surface area contributed by atoms with Crippen molar-refractivity contribution < 1.29 is 4.79 Å². The summed E-state index contributed by atoms with van der Waals surface area (Å²) in [7, 11) is 2.05. The maximum absolute atomic E-state index is 11.2. The third kappa shape index (κ3) is 3.07. The van der Waals surface area contributed by atoms with Crippen LogP contribution in [-0.4, -0.2) is 25.5 Å². The van der Waals surface area contributed by atoms with E-state index in [9.17, 15) is 4.79 Å². The zero-order valence-corrected chi connectivity index (χ0v) is 12.6. The van der Waals surface area contributed by atoms with Gasteiger partial charge in [0.15, 0.2) is 0 Å². The number of hydrogen-bond donors (Lipinski definition) is 2. The van der Waals surface area contributed by atoms with E-state index in [4.69, 9.17) is 23.1 Å². The van der Waals surface area contributed by atoms with Gasteiger partial charge in [0.25, 0.3) is 0 Å². The Balaban J connectivity index is 2.23. The van der Waals surface area contributed by atoms with E-state index in [0.717, 1.165) is 12.1 Å². The van der Waals surface area contributed by atoms with Gasteiger partial charge >= 0.3 is 0 Å². The average Bonchev–Trinajstić information content (AvgIpc) is 2.46. The number of benzene rings is 1. The summed E-state index contributed by atoms with van der Waals surface area (Å²) < 4.78 is 0. The maximum atomic E-state index is 11.2. The van der Waals surface area contributed by atoms with Crippen LogP contribution in [-0.2, 0) is 0 Å². The lowest BCUT2D eigenvalue weighted by atomic mass is 9.83. The molecule has 0 saturated heterocycles. The summed E-state index contributed by atoms with van der Waals surface area (Å²) in [4.78, 5) is 13.4. The monoisotopic (exact) mass is 295 g/mol. The number of nitrogens with zero attached hydrogens (tertiary/aromatic N) is 1. The number of amides is 1. The summed E-state index contributed by atoms with van der Waals surface area (Å²) in [5.41, 5.74) is 12.5. The predicted octanol–water partition coefficient (Wildman–Crippen LogP) is 2.39. The van der Waals surface area contributed by atoms with E-state index in [1.54, 1.807) is 12.1 Å². The molecule has 5 heteroatoms. The van der Waals surface area contributed by atoms with E-state index < -0.39 is 5.91 Å². The van der Waals surface area contributed by atoms with Crippen molar-refractivity contribution in [2.75, 3.05) is 18.5 Å². The van der Waals surface area contributed by atoms with Gasteiger partial charge in [-0.2, -0.15) is 0 Å². The third-order valence-electron chi connectivity index (χ3n) is 4.28. The Morgan fingerprint density at radius 3 is 2.70 bits per heavy atom. The van der Waals surface area contributed by atoms with Gasteiger partial charge < -0.3 is 16.4 Å². The molecule has 1 aliphatic carbocycles. The molecule has 1 amide bonds. The molecule has 0 aliphatic heterocycles. The molecule has 0 spiro atoms. The second-order valence-corrected chi connectivity index (χ2v) is 5.90. The molecule has 1 aromatic rings. The topological polar surface area (TPSA) is 72.3 Å². The van der Waals surface area contributed by atoms with Crippen molar-refractivity contribution >= 4 is 23.2 Å².